The van der Waals surface area contributed by atoms with Crippen LogP contribution in [0.3, 0.4) is 0 Å². The molecule has 1 aromatic carbocycles. The van der Waals surface area contributed by atoms with Gasteiger partial charge in [0.25, 0.3) is 5.91 Å². The van der Waals surface area contributed by atoms with Gasteiger partial charge in [0.2, 0.25) is 0 Å². The van der Waals surface area contributed by atoms with E-state index in [0.717, 1.165) is 31.8 Å². The summed E-state index contributed by atoms with van der Waals surface area (Å²) in [6.45, 7) is -0.539. The first kappa shape index (κ1) is 20.3. The molecule has 0 unspecified atom stereocenters. The zero-order valence-electron chi connectivity index (χ0n) is 14.1. The topological polar surface area (TPSA) is 84.5 Å². The number of nitrogens with one attached hydrogen (secondary N) is 2. The van der Waals surface area contributed by atoms with Gasteiger partial charge in [-0.1, -0.05) is 48.5 Å². The molecule has 0 saturated heterocycles. The first-order chi connectivity index (χ1) is 12.4. The maximum atomic E-state index is 11.7. The molecule has 1 aliphatic carbocycles. The van der Waals surface area contributed by atoms with Crippen LogP contribution in [0.25, 0.3) is 6.08 Å². The molecule has 0 aromatic heterocycles. The number of hydrogen-bond donors (Lipinski definition) is 2. The number of hydrogen-bond acceptors (Lipinski definition) is 4. The van der Waals surface area contributed by atoms with Crippen LogP contribution in [-0.2, 0) is 14.3 Å². The van der Waals surface area contributed by atoms with Gasteiger partial charge in [-0.2, -0.15) is 0 Å². The molecule has 0 atom stereocenters. The van der Waals surface area contributed by atoms with E-state index < -0.39 is 24.5 Å². The van der Waals surface area contributed by atoms with Crippen LogP contribution >= 0.6 is 23.2 Å². The van der Waals surface area contributed by atoms with E-state index in [0.29, 0.717) is 15.6 Å². The molecule has 140 valence electrons. The Morgan fingerprint density at radius 1 is 1.12 bits per heavy atom. The summed E-state index contributed by atoms with van der Waals surface area (Å²) in [5, 5.41) is 5.67. The van der Waals surface area contributed by atoms with Crippen LogP contribution in [0.2, 0.25) is 10.0 Å². The number of ether oxygens (including phenoxy) is 1. The number of rotatable bonds is 5. The zero-order chi connectivity index (χ0) is 18.9. The van der Waals surface area contributed by atoms with Gasteiger partial charge in [-0.3, -0.25) is 10.1 Å². The third-order valence-corrected chi connectivity index (χ3v) is 4.63. The van der Waals surface area contributed by atoms with Gasteiger partial charge in [-0.25, -0.2) is 9.59 Å². The van der Waals surface area contributed by atoms with E-state index in [2.05, 4.69) is 10.6 Å². The Labute approximate surface area is 161 Å². The fraction of sp³-hybridized carbons (Fsp3) is 0.389. The number of carbonyl (C=O) groups excluding carboxylic acids is 3. The lowest BCUT2D eigenvalue weighted by Crippen LogP contribution is -2.46. The summed E-state index contributed by atoms with van der Waals surface area (Å²) in [5.74, 6) is -1.39. The molecule has 0 aliphatic heterocycles. The SMILES string of the molecule is O=C(COC(=O)/C=C/c1ccc(Cl)c(Cl)c1)NC(=O)NC1CCCCC1. The fourth-order valence-corrected chi connectivity index (χ4v) is 2.90. The monoisotopic (exact) mass is 398 g/mol. The van der Waals surface area contributed by atoms with E-state index in [9.17, 15) is 14.4 Å². The molecule has 1 aliphatic rings. The van der Waals surface area contributed by atoms with Crippen molar-refractivity contribution in [2.24, 2.45) is 0 Å². The summed E-state index contributed by atoms with van der Waals surface area (Å²) in [6.07, 6.45) is 7.78. The number of carbonyl (C=O) groups is 3. The summed E-state index contributed by atoms with van der Waals surface area (Å²) < 4.78 is 4.79. The lowest BCUT2D eigenvalue weighted by molar-refractivity contribution is -0.143. The number of imide groups is 1. The highest BCUT2D eigenvalue weighted by Crippen LogP contribution is 2.23. The van der Waals surface area contributed by atoms with Crippen LogP contribution in [0.15, 0.2) is 24.3 Å². The normalized spacial score (nSPS) is 14.8. The highest BCUT2D eigenvalue weighted by atomic mass is 35.5. The standard InChI is InChI=1S/C18H20Cl2N2O4/c19-14-8-6-12(10-15(14)20)7-9-17(24)26-11-16(23)22-18(25)21-13-4-2-1-3-5-13/h6-10,13H,1-5,11H2,(H2,21,22,23,25)/b9-7+. The van der Waals surface area contributed by atoms with Crippen molar-refractivity contribution in [3.63, 3.8) is 0 Å². The molecule has 1 saturated carbocycles. The van der Waals surface area contributed by atoms with Gasteiger partial charge in [0.15, 0.2) is 6.61 Å². The second-order valence-electron chi connectivity index (χ2n) is 5.97. The fourth-order valence-electron chi connectivity index (χ4n) is 2.60. The molecule has 0 bridgehead atoms. The Morgan fingerprint density at radius 3 is 2.54 bits per heavy atom. The van der Waals surface area contributed by atoms with Gasteiger partial charge in [-0.15, -0.1) is 0 Å². The van der Waals surface area contributed by atoms with Crippen molar-refractivity contribution in [3.8, 4) is 0 Å². The third kappa shape index (κ3) is 7.06. The van der Waals surface area contributed by atoms with Crippen molar-refractivity contribution in [3.05, 3.63) is 39.9 Å². The summed E-state index contributed by atoms with van der Waals surface area (Å²) in [6, 6.07) is 4.40. The van der Waals surface area contributed by atoms with Crippen molar-refractivity contribution in [1.29, 1.82) is 0 Å². The molecule has 2 N–H and O–H groups in total. The Bertz CT molecular complexity index is 700. The second-order valence-corrected chi connectivity index (χ2v) is 6.79. The second kappa shape index (κ2) is 10.2. The van der Waals surface area contributed by atoms with Crippen LogP contribution in [-0.4, -0.2) is 30.6 Å². The average molecular weight is 399 g/mol. The summed E-state index contributed by atoms with van der Waals surface area (Å²) >= 11 is 11.7. The highest BCUT2D eigenvalue weighted by Gasteiger charge is 2.17. The smallest absolute Gasteiger partial charge is 0.331 e. The van der Waals surface area contributed by atoms with Crippen molar-refractivity contribution in [1.82, 2.24) is 10.6 Å². The molecule has 1 fully saturated rings. The minimum atomic E-state index is -0.709. The Kier molecular flexibility index (Phi) is 7.94. The minimum absolute atomic E-state index is 0.0910. The van der Waals surface area contributed by atoms with E-state index >= 15 is 0 Å². The molecular formula is C18H20Cl2N2O4. The van der Waals surface area contributed by atoms with Gasteiger partial charge >= 0.3 is 12.0 Å². The summed E-state index contributed by atoms with van der Waals surface area (Å²) in [4.78, 5) is 35.0. The van der Waals surface area contributed by atoms with Crippen molar-refractivity contribution < 1.29 is 19.1 Å². The van der Waals surface area contributed by atoms with E-state index in [-0.39, 0.29) is 6.04 Å². The predicted molar refractivity (Wildman–Crippen MR) is 100 cm³/mol. The van der Waals surface area contributed by atoms with E-state index in [1.54, 1.807) is 18.2 Å². The number of esters is 1. The first-order valence-electron chi connectivity index (χ1n) is 8.34. The minimum Gasteiger partial charge on any atom is -0.452 e. The van der Waals surface area contributed by atoms with Crippen molar-refractivity contribution in [2.45, 2.75) is 38.1 Å². The molecule has 2 rings (SSSR count). The van der Waals surface area contributed by atoms with Crippen LogP contribution in [0.4, 0.5) is 4.79 Å². The van der Waals surface area contributed by atoms with Crippen LogP contribution in [0.1, 0.15) is 37.7 Å². The van der Waals surface area contributed by atoms with E-state index in [1.165, 1.54) is 12.5 Å². The first-order valence-corrected chi connectivity index (χ1v) is 9.10. The molecule has 0 radical (unpaired) electrons. The van der Waals surface area contributed by atoms with Gasteiger partial charge < -0.3 is 10.1 Å². The Hall–Kier alpha value is -2.05. The number of urea groups is 1. The molecule has 26 heavy (non-hydrogen) atoms. The Balaban J connectivity index is 1.70. The molecule has 6 nitrogen and oxygen atoms in total. The predicted octanol–water partition coefficient (Wildman–Crippen LogP) is 3.71. The average Bonchev–Trinajstić information content (AvgIpc) is 2.61. The lowest BCUT2D eigenvalue weighted by atomic mass is 9.96. The number of amides is 3. The van der Waals surface area contributed by atoms with E-state index in [4.69, 9.17) is 27.9 Å². The van der Waals surface area contributed by atoms with Gasteiger partial charge in [-0.05, 0) is 36.6 Å². The quantitative estimate of drug-likeness (QED) is 0.584. The van der Waals surface area contributed by atoms with Gasteiger partial charge in [0.1, 0.15) is 0 Å². The largest absolute Gasteiger partial charge is 0.452 e. The number of benzene rings is 1. The van der Waals surface area contributed by atoms with Gasteiger partial charge in [0, 0.05) is 12.1 Å². The summed E-state index contributed by atoms with van der Waals surface area (Å²) in [5.41, 5.74) is 0.660. The van der Waals surface area contributed by atoms with Crippen molar-refractivity contribution in [2.75, 3.05) is 6.61 Å². The van der Waals surface area contributed by atoms with E-state index in [1.807, 2.05) is 0 Å². The van der Waals surface area contributed by atoms with Crippen LogP contribution < -0.4 is 10.6 Å². The van der Waals surface area contributed by atoms with Crippen LogP contribution in [0.5, 0.6) is 0 Å². The zero-order valence-corrected chi connectivity index (χ0v) is 15.6. The third-order valence-electron chi connectivity index (χ3n) is 3.89. The summed E-state index contributed by atoms with van der Waals surface area (Å²) in [7, 11) is 0. The Morgan fingerprint density at radius 2 is 1.85 bits per heavy atom. The van der Waals surface area contributed by atoms with Crippen LogP contribution in [0, 0.1) is 0 Å². The maximum absolute atomic E-state index is 11.7. The lowest BCUT2D eigenvalue weighted by Gasteiger charge is -2.22. The maximum Gasteiger partial charge on any atom is 0.331 e. The number of halogens is 2. The molecule has 0 heterocycles. The molecule has 8 heteroatoms. The van der Waals surface area contributed by atoms with Crippen molar-refractivity contribution >= 4 is 47.2 Å². The molecule has 3 amide bonds. The molecule has 0 spiro atoms. The molecule has 1 aromatic rings. The highest BCUT2D eigenvalue weighted by molar-refractivity contribution is 6.42. The van der Waals surface area contributed by atoms with Gasteiger partial charge in [0.05, 0.1) is 10.0 Å². The molecular weight excluding hydrogens is 379 g/mol.